The van der Waals surface area contributed by atoms with Crippen molar-refractivity contribution in [3.05, 3.63) is 16.6 Å². The van der Waals surface area contributed by atoms with Crippen LogP contribution in [0.5, 0.6) is 0 Å². The molecule has 0 aromatic carbocycles. The molecule has 1 atom stereocenters. The molecule has 4 nitrogen and oxygen atoms in total. The van der Waals surface area contributed by atoms with Crippen molar-refractivity contribution in [3.8, 4) is 0 Å². The van der Waals surface area contributed by atoms with Crippen molar-refractivity contribution in [2.45, 2.75) is 32.5 Å². The molecule has 0 saturated carbocycles. The van der Waals surface area contributed by atoms with Crippen LogP contribution in [0.25, 0.3) is 0 Å². The molecular formula is C9H13NO3S. The van der Waals surface area contributed by atoms with Crippen LogP contribution in [0.1, 0.15) is 25.6 Å². The van der Waals surface area contributed by atoms with Gasteiger partial charge in [-0.15, -0.1) is 11.3 Å². The van der Waals surface area contributed by atoms with Gasteiger partial charge in [0.1, 0.15) is 0 Å². The predicted molar refractivity (Wildman–Crippen MR) is 53.3 cm³/mol. The molecule has 0 saturated heterocycles. The summed E-state index contributed by atoms with van der Waals surface area (Å²) in [6.45, 7) is 5.16. The van der Waals surface area contributed by atoms with Crippen LogP contribution in [0.3, 0.4) is 0 Å². The highest BCUT2D eigenvalue weighted by Crippen LogP contribution is 2.29. The van der Waals surface area contributed by atoms with Gasteiger partial charge in [-0.25, -0.2) is 4.79 Å². The molecule has 0 aliphatic carbocycles. The quantitative estimate of drug-likeness (QED) is 0.833. The first-order valence-electron chi connectivity index (χ1n) is 4.27. The lowest BCUT2D eigenvalue weighted by atomic mass is 10.1. The molecule has 14 heavy (non-hydrogen) atoms. The summed E-state index contributed by atoms with van der Waals surface area (Å²) in [6, 6.07) is 0. The second-order valence-corrected chi connectivity index (χ2v) is 4.26. The number of carboxylic acid groups (broad SMARTS) is 1. The zero-order valence-corrected chi connectivity index (χ0v) is 9.17. The van der Waals surface area contributed by atoms with Gasteiger partial charge in [0.05, 0.1) is 16.5 Å². The van der Waals surface area contributed by atoms with Gasteiger partial charge in [-0.05, 0) is 20.8 Å². The maximum atomic E-state index is 11.1. The van der Waals surface area contributed by atoms with Crippen LogP contribution >= 0.6 is 11.3 Å². The van der Waals surface area contributed by atoms with Crippen LogP contribution < -0.4 is 0 Å². The molecule has 1 heterocycles. The number of carbonyl (C=O) groups is 1. The van der Waals surface area contributed by atoms with Gasteiger partial charge in [-0.2, -0.15) is 0 Å². The van der Waals surface area contributed by atoms with Crippen molar-refractivity contribution in [2.24, 2.45) is 0 Å². The highest BCUT2D eigenvalue weighted by Gasteiger charge is 2.38. The molecule has 1 aromatic rings. The second-order valence-electron chi connectivity index (χ2n) is 3.37. The summed E-state index contributed by atoms with van der Waals surface area (Å²) >= 11 is 1.28. The lowest BCUT2D eigenvalue weighted by Gasteiger charge is -2.25. The van der Waals surface area contributed by atoms with E-state index in [9.17, 15) is 4.79 Å². The van der Waals surface area contributed by atoms with E-state index in [0.717, 1.165) is 0 Å². The van der Waals surface area contributed by atoms with E-state index in [1.165, 1.54) is 17.5 Å². The highest BCUT2D eigenvalue weighted by atomic mass is 32.1. The summed E-state index contributed by atoms with van der Waals surface area (Å²) in [5.41, 5.74) is 0.315. The lowest BCUT2D eigenvalue weighted by Crippen LogP contribution is -2.36. The Morgan fingerprint density at radius 2 is 2.36 bits per heavy atom. The van der Waals surface area contributed by atoms with Gasteiger partial charge in [0, 0.05) is 6.20 Å². The Hall–Kier alpha value is -0.940. The van der Waals surface area contributed by atoms with Crippen LogP contribution in [0.2, 0.25) is 0 Å². The van der Waals surface area contributed by atoms with Gasteiger partial charge >= 0.3 is 5.97 Å². The summed E-state index contributed by atoms with van der Waals surface area (Å²) < 4.78 is 5.41. The molecular weight excluding hydrogens is 202 g/mol. The molecule has 0 bridgehead atoms. The van der Waals surface area contributed by atoms with Crippen LogP contribution in [0.4, 0.5) is 0 Å². The third kappa shape index (κ3) is 2.10. The molecule has 5 heteroatoms. The van der Waals surface area contributed by atoms with Gasteiger partial charge in [-0.1, -0.05) is 0 Å². The Balaban J connectivity index is 2.99. The molecule has 1 rings (SSSR count). The van der Waals surface area contributed by atoms with E-state index >= 15 is 0 Å². The van der Waals surface area contributed by atoms with Crippen LogP contribution in [0.15, 0.2) is 11.7 Å². The summed E-state index contributed by atoms with van der Waals surface area (Å²) in [6.07, 6.45) is 1.39. The van der Waals surface area contributed by atoms with Crippen LogP contribution in [-0.2, 0) is 15.1 Å². The molecule has 78 valence electrons. The van der Waals surface area contributed by atoms with Crippen LogP contribution in [-0.4, -0.2) is 22.2 Å². The SMILES string of the molecule is CC(C)OC(C)(C(=O)O)c1cncs1. The van der Waals surface area contributed by atoms with Crippen molar-refractivity contribution in [1.29, 1.82) is 0 Å². The molecule has 0 amide bonds. The van der Waals surface area contributed by atoms with Gasteiger partial charge in [0.2, 0.25) is 0 Å². The minimum absolute atomic E-state index is 0.141. The molecule has 1 N–H and O–H groups in total. The average molecular weight is 215 g/mol. The summed E-state index contributed by atoms with van der Waals surface area (Å²) in [7, 11) is 0. The van der Waals surface area contributed by atoms with E-state index in [-0.39, 0.29) is 6.10 Å². The third-order valence-corrected chi connectivity index (χ3v) is 2.76. The smallest absolute Gasteiger partial charge is 0.341 e. The molecule has 0 aliphatic rings. The summed E-state index contributed by atoms with van der Waals surface area (Å²) in [5.74, 6) is -0.990. The van der Waals surface area contributed by atoms with E-state index in [2.05, 4.69) is 4.98 Å². The number of hydrogen-bond donors (Lipinski definition) is 1. The first kappa shape index (κ1) is 11.1. The van der Waals surface area contributed by atoms with Crippen molar-refractivity contribution in [2.75, 3.05) is 0 Å². The minimum atomic E-state index is -1.28. The van der Waals surface area contributed by atoms with E-state index in [1.54, 1.807) is 12.4 Å². The number of ether oxygens (including phenoxy) is 1. The standard InChI is InChI=1S/C9H13NO3S/c1-6(2)13-9(3,8(11)12)7-4-10-5-14-7/h4-6H,1-3H3,(H,11,12). The minimum Gasteiger partial charge on any atom is -0.479 e. The lowest BCUT2D eigenvalue weighted by molar-refractivity contribution is -0.170. The zero-order chi connectivity index (χ0) is 10.8. The Morgan fingerprint density at radius 3 is 2.71 bits per heavy atom. The summed E-state index contributed by atoms with van der Waals surface area (Å²) in [4.78, 5) is 15.6. The van der Waals surface area contributed by atoms with E-state index in [0.29, 0.717) is 4.88 Å². The van der Waals surface area contributed by atoms with E-state index < -0.39 is 11.6 Å². The van der Waals surface area contributed by atoms with Crippen molar-refractivity contribution >= 4 is 17.3 Å². The van der Waals surface area contributed by atoms with Gasteiger partial charge in [0.15, 0.2) is 5.60 Å². The maximum absolute atomic E-state index is 11.1. The average Bonchev–Trinajstić information content (AvgIpc) is 2.53. The van der Waals surface area contributed by atoms with Crippen molar-refractivity contribution in [1.82, 2.24) is 4.98 Å². The molecule has 0 fully saturated rings. The summed E-state index contributed by atoms with van der Waals surface area (Å²) in [5, 5.41) is 9.11. The number of aliphatic carboxylic acids is 1. The van der Waals surface area contributed by atoms with E-state index in [1.807, 2.05) is 13.8 Å². The third-order valence-electron chi connectivity index (χ3n) is 1.78. The fourth-order valence-electron chi connectivity index (χ4n) is 1.14. The van der Waals surface area contributed by atoms with Gasteiger partial charge in [0.25, 0.3) is 0 Å². The second kappa shape index (κ2) is 4.06. The number of carboxylic acids is 1. The normalized spacial score (nSPS) is 15.4. The topological polar surface area (TPSA) is 59.4 Å². The van der Waals surface area contributed by atoms with Gasteiger partial charge < -0.3 is 9.84 Å². The Morgan fingerprint density at radius 1 is 1.71 bits per heavy atom. The number of nitrogens with zero attached hydrogens (tertiary/aromatic N) is 1. The molecule has 0 aliphatic heterocycles. The maximum Gasteiger partial charge on any atom is 0.341 e. The monoisotopic (exact) mass is 215 g/mol. The largest absolute Gasteiger partial charge is 0.479 e. The number of thiazole rings is 1. The van der Waals surface area contributed by atoms with Gasteiger partial charge in [-0.3, -0.25) is 4.98 Å². The van der Waals surface area contributed by atoms with E-state index in [4.69, 9.17) is 9.84 Å². The molecule has 0 spiro atoms. The van der Waals surface area contributed by atoms with Crippen LogP contribution in [0, 0.1) is 0 Å². The highest BCUT2D eigenvalue weighted by molar-refractivity contribution is 7.09. The first-order chi connectivity index (χ1) is 6.47. The Labute approximate surface area is 86.6 Å². The molecule has 1 aromatic heterocycles. The number of aromatic nitrogens is 1. The van der Waals surface area contributed by atoms with Crippen molar-refractivity contribution in [3.63, 3.8) is 0 Å². The van der Waals surface area contributed by atoms with Crippen molar-refractivity contribution < 1.29 is 14.6 Å². The first-order valence-corrected chi connectivity index (χ1v) is 5.15. The predicted octanol–water partition coefficient (Wildman–Crippen LogP) is 1.87. The number of rotatable bonds is 4. The molecule has 0 radical (unpaired) electrons. The number of hydrogen-bond acceptors (Lipinski definition) is 4. The Kier molecular flexibility index (Phi) is 3.23. The fraction of sp³-hybridized carbons (Fsp3) is 0.556. The Bertz CT molecular complexity index is 310. The fourth-order valence-corrected chi connectivity index (χ4v) is 1.85. The zero-order valence-electron chi connectivity index (χ0n) is 8.35. The molecule has 1 unspecified atom stereocenters.